The topological polar surface area (TPSA) is 21.3 Å². The molecule has 0 saturated carbocycles. The van der Waals surface area contributed by atoms with Crippen LogP contribution in [0.4, 0.5) is 13.2 Å². The largest absolute Gasteiger partial charge is 0.416 e. The van der Waals surface area contributed by atoms with Crippen LogP contribution in [0.2, 0.25) is 0 Å². The van der Waals surface area contributed by atoms with Gasteiger partial charge in [0.15, 0.2) is 6.10 Å². The van der Waals surface area contributed by atoms with Gasteiger partial charge in [-0.05, 0) is 6.42 Å². The molecule has 0 aromatic heterocycles. The Bertz CT molecular complexity index is 170. The Kier molecular flexibility index (Phi) is 1.41. The molecule has 2 rings (SSSR count). The summed E-state index contributed by atoms with van der Waals surface area (Å²) in [5.74, 6) is 0. The summed E-state index contributed by atoms with van der Waals surface area (Å²) in [5.41, 5.74) is 0. The quantitative estimate of drug-likeness (QED) is 0.572. The van der Waals surface area contributed by atoms with E-state index in [-0.39, 0.29) is 6.10 Å². The van der Waals surface area contributed by atoms with Gasteiger partial charge in [0.1, 0.15) is 0 Å². The fourth-order valence-electron chi connectivity index (χ4n) is 1.67. The Morgan fingerprint density at radius 2 is 2.09 bits per heavy atom. The summed E-state index contributed by atoms with van der Waals surface area (Å²) in [7, 11) is 0. The average molecular weight is 167 g/mol. The van der Waals surface area contributed by atoms with Crippen molar-refractivity contribution in [3.05, 3.63) is 0 Å². The molecule has 2 bridgehead atoms. The Labute approximate surface area is 61.7 Å². The zero-order valence-electron chi connectivity index (χ0n) is 5.69. The van der Waals surface area contributed by atoms with Crippen molar-refractivity contribution in [1.29, 1.82) is 0 Å². The number of morpholine rings is 1. The monoisotopic (exact) mass is 167 g/mol. The van der Waals surface area contributed by atoms with Crippen LogP contribution in [0.1, 0.15) is 6.42 Å². The van der Waals surface area contributed by atoms with Gasteiger partial charge in [0.2, 0.25) is 0 Å². The van der Waals surface area contributed by atoms with Gasteiger partial charge in [-0.2, -0.15) is 13.2 Å². The number of rotatable bonds is 0. The van der Waals surface area contributed by atoms with E-state index in [9.17, 15) is 13.2 Å². The van der Waals surface area contributed by atoms with Crippen molar-refractivity contribution < 1.29 is 17.9 Å². The summed E-state index contributed by atoms with van der Waals surface area (Å²) < 4.78 is 40.9. The van der Waals surface area contributed by atoms with Gasteiger partial charge in [0.25, 0.3) is 0 Å². The van der Waals surface area contributed by atoms with E-state index < -0.39 is 18.3 Å². The number of nitrogens with one attached hydrogen (secondary N) is 1. The zero-order valence-corrected chi connectivity index (χ0v) is 5.69. The number of hydrogen-bond donors (Lipinski definition) is 1. The molecule has 0 radical (unpaired) electrons. The van der Waals surface area contributed by atoms with Gasteiger partial charge in [-0.25, -0.2) is 0 Å². The highest BCUT2D eigenvalue weighted by Gasteiger charge is 2.54. The first-order valence-corrected chi connectivity index (χ1v) is 3.53. The van der Waals surface area contributed by atoms with Gasteiger partial charge in [0, 0.05) is 12.6 Å². The minimum Gasteiger partial charge on any atom is -0.362 e. The molecule has 11 heavy (non-hydrogen) atoms. The summed E-state index contributed by atoms with van der Waals surface area (Å²) in [4.78, 5) is 0. The molecule has 64 valence electrons. The maximum absolute atomic E-state index is 12.1. The molecule has 0 amide bonds. The third-order valence-corrected chi connectivity index (χ3v) is 2.15. The van der Waals surface area contributed by atoms with Crippen LogP contribution in [-0.4, -0.2) is 31.0 Å². The van der Waals surface area contributed by atoms with Gasteiger partial charge in [-0.1, -0.05) is 0 Å². The van der Waals surface area contributed by atoms with E-state index in [0.717, 1.165) is 0 Å². The second kappa shape index (κ2) is 2.10. The zero-order chi connectivity index (χ0) is 8.06. The molecule has 2 aliphatic heterocycles. The fourth-order valence-corrected chi connectivity index (χ4v) is 1.67. The van der Waals surface area contributed by atoms with Gasteiger partial charge in [0.05, 0.1) is 6.10 Å². The van der Waals surface area contributed by atoms with Crippen LogP contribution in [0.25, 0.3) is 0 Å². The van der Waals surface area contributed by atoms with Crippen LogP contribution in [0.15, 0.2) is 0 Å². The normalized spacial score (nSPS) is 43.4. The summed E-state index contributed by atoms with van der Waals surface area (Å²) in [6, 6.07) is -0.500. The first-order chi connectivity index (χ1) is 5.07. The molecule has 2 nitrogen and oxygen atoms in total. The van der Waals surface area contributed by atoms with E-state index in [0.29, 0.717) is 13.0 Å². The molecule has 0 aromatic rings. The van der Waals surface area contributed by atoms with Gasteiger partial charge < -0.3 is 10.1 Å². The van der Waals surface area contributed by atoms with Crippen LogP contribution in [0.5, 0.6) is 0 Å². The Balaban J connectivity index is 2.08. The second-order valence-electron chi connectivity index (χ2n) is 2.97. The first-order valence-electron chi connectivity index (χ1n) is 3.53. The summed E-state index contributed by atoms with van der Waals surface area (Å²) >= 11 is 0. The molecule has 2 heterocycles. The molecule has 3 atom stereocenters. The van der Waals surface area contributed by atoms with Crippen LogP contribution < -0.4 is 5.32 Å². The van der Waals surface area contributed by atoms with Gasteiger partial charge in [-0.3, -0.25) is 0 Å². The van der Waals surface area contributed by atoms with Gasteiger partial charge >= 0.3 is 6.18 Å². The van der Waals surface area contributed by atoms with Gasteiger partial charge in [-0.15, -0.1) is 0 Å². The lowest BCUT2D eigenvalue weighted by Crippen LogP contribution is -2.47. The number of alkyl halides is 3. The minimum atomic E-state index is -4.20. The van der Waals surface area contributed by atoms with Crippen molar-refractivity contribution >= 4 is 0 Å². The molecular weight excluding hydrogens is 159 g/mol. The SMILES string of the molecule is FC(F)(F)[C@@H]1O[C@@H]2CN[C@H]1C2. The van der Waals surface area contributed by atoms with E-state index in [1.54, 1.807) is 0 Å². The highest BCUT2D eigenvalue weighted by molar-refractivity contribution is 4.98. The minimum absolute atomic E-state index is 0.216. The third kappa shape index (κ3) is 1.12. The van der Waals surface area contributed by atoms with E-state index in [1.165, 1.54) is 0 Å². The van der Waals surface area contributed by atoms with E-state index in [4.69, 9.17) is 4.74 Å². The molecule has 2 saturated heterocycles. The second-order valence-corrected chi connectivity index (χ2v) is 2.97. The smallest absolute Gasteiger partial charge is 0.362 e. The standard InChI is InChI=1S/C6H8F3NO/c7-6(8,9)5-4-1-3(11-5)2-10-4/h3-5,10H,1-2H2/t3-,4-,5+/m0/s1. The average Bonchev–Trinajstić information content (AvgIpc) is 2.42. The van der Waals surface area contributed by atoms with Crippen LogP contribution in [0.3, 0.4) is 0 Å². The molecule has 0 aromatic carbocycles. The molecule has 0 spiro atoms. The van der Waals surface area contributed by atoms with E-state index in [2.05, 4.69) is 5.32 Å². The Morgan fingerprint density at radius 3 is 2.36 bits per heavy atom. The Morgan fingerprint density at radius 1 is 1.36 bits per heavy atom. The molecule has 5 heteroatoms. The molecule has 0 unspecified atom stereocenters. The van der Waals surface area contributed by atoms with Crippen LogP contribution >= 0.6 is 0 Å². The summed E-state index contributed by atoms with van der Waals surface area (Å²) in [5, 5.41) is 2.77. The fraction of sp³-hybridized carbons (Fsp3) is 1.00. The maximum Gasteiger partial charge on any atom is 0.416 e. The van der Waals surface area contributed by atoms with Crippen molar-refractivity contribution in [2.45, 2.75) is 30.8 Å². The Hall–Kier alpha value is -0.290. The molecular formula is C6H8F3NO. The highest BCUT2D eigenvalue weighted by Crippen LogP contribution is 2.36. The first kappa shape index (κ1) is 7.36. The number of hydrogen-bond acceptors (Lipinski definition) is 2. The number of halogens is 3. The molecule has 2 aliphatic rings. The number of fused-ring (bicyclic) bond motifs is 2. The van der Waals surface area contributed by atoms with Crippen molar-refractivity contribution in [1.82, 2.24) is 5.32 Å². The van der Waals surface area contributed by atoms with Crippen molar-refractivity contribution in [3.63, 3.8) is 0 Å². The maximum atomic E-state index is 12.1. The summed E-state index contributed by atoms with van der Waals surface area (Å²) in [6.07, 6.45) is -5.48. The number of ether oxygens (including phenoxy) is 1. The lowest BCUT2D eigenvalue weighted by molar-refractivity contribution is -0.225. The molecule has 2 fully saturated rings. The van der Waals surface area contributed by atoms with E-state index >= 15 is 0 Å². The van der Waals surface area contributed by atoms with Crippen molar-refractivity contribution in [2.24, 2.45) is 0 Å². The predicted molar refractivity (Wildman–Crippen MR) is 31.1 cm³/mol. The lowest BCUT2D eigenvalue weighted by atomic mass is 10.1. The lowest BCUT2D eigenvalue weighted by Gasteiger charge is -2.25. The summed E-state index contributed by atoms with van der Waals surface area (Å²) in [6.45, 7) is 0.567. The van der Waals surface area contributed by atoms with E-state index in [1.807, 2.05) is 0 Å². The molecule has 0 aliphatic carbocycles. The van der Waals surface area contributed by atoms with Crippen molar-refractivity contribution in [2.75, 3.05) is 6.54 Å². The van der Waals surface area contributed by atoms with Crippen LogP contribution in [0, 0.1) is 0 Å². The van der Waals surface area contributed by atoms with Crippen LogP contribution in [-0.2, 0) is 4.74 Å². The third-order valence-electron chi connectivity index (χ3n) is 2.15. The molecule has 1 N–H and O–H groups in total. The predicted octanol–water partition coefficient (Wildman–Crippen LogP) is 0.678. The highest BCUT2D eigenvalue weighted by atomic mass is 19.4. The van der Waals surface area contributed by atoms with Crippen molar-refractivity contribution in [3.8, 4) is 0 Å².